The summed E-state index contributed by atoms with van der Waals surface area (Å²) in [6, 6.07) is 8.91. The number of rotatable bonds is 8. The molecule has 1 aromatic heterocycles. The summed E-state index contributed by atoms with van der Waals surface area (Å²) in [4.78, 5) is 14.2. The van der Waals surface area contributed by atoms with Crippen molar-refractivity contribution in [3.8, 4) is 11.4 Å². The minimum absolute atomic E-state index is 0.000220. The second-order valence-electron chi connectivity index (χ2n) is 6.86. The maximum atomic E-state index is 12.8. The summed E-state index contributed by atoms with van der Waals surface area (Å²) in [5, 5.41) is 24.8. The summed E-state index contributed by atoms with van der Waals surface area (Å²) in [5.74, 6) is 0.571. The number of nitrogens with one attached hydrogen (secondary N) is 1. The average molecular weight is 345 g/mol. The van der Waals surface area contributed by atoms with Crippen molar-refractivity contribution in [2.24, 2.45) is 11.8 Å². The lowest BCUT2D eigenvalue weighted by Crippen LogP contribution is -2.44. The Morgan fingerprint density at radius 2 is 1.84 bits per heavy atom. The van der Waals surface area contributed by atoms with Gasteiger partial charge in [-0.2, -0.15) is 4.80 Å². The van der Waals surface area contributed by atoms with Crippen molar-refractivity contribution in [2.75, 3.05) is 6.61 Å². The summed E-state index contributed by atoms with van der Waals surface area (Å²) in [6.07, 6.45) is 0.522. The van der Waals surface area contributed by atoms with Gasteiger partial charge in [-0.1, -0.05) is 58.0 Å². The third-order valence-corrected chi connectivity index (χ3v) is 4.18. The van der Waals surface area contributed by atoms with E-state index < -0.39 is 6.04 Å². The molecule has 7 nitrogen and oxygen atoms in total. The van der Waals surface area contributed by atoms with Crippen LogP contribution < -0.4 is 5.32 Å². The van der Waals surface area contributed by atoms with E-state index in [9.17, 15) is 9.90 Å². The number of carbonyl (C=O) groups is 1. The lowest BCUT2D eigenvalue weighted by molar-refractivity contribution is -0.127. The van der Waals surface area contributed by atoms with Crippen molar-refractivity contribution in [1.29, 1.82) is 0 Å². The first kappa shape index (κ1) is 19.1. The van der Waals surface area contributed by atoms with Gasteiger partial charge in [0.15, 0.2) is 6.04 Å². The molecule has 2 aromatic rings. The van der Waals surface area contributed by atoms with Crippen LogP contribution in [0.15, 0.2) is 30.3 Å². The van der Waals surface area contributed by atoms with E-state index >= 15 is 0 Å². The molecule has 136 valence electrons. The number of tetrazole rings is 1. The summed E-state index contributed by atoms with van der Waals surface area (Å²) in [7, 11) is 0. The summed E-state index contributed by atoms with van der Waals surface area (Å²) >= 11 is 0. The van der Waals surface area contributed by atoms with E-state index in [-0.39, 0.29) is 30.4 Å². The fraction of sp³-hybridized carbons (Fsp3) is 0.556. The zero-order valence-electron chi connectivity index (χ0n) is 15.3. The van der Waals surface area contributed by atoms with Gasteiger partial charge in [0, 0.05) is 18.2 Å². The van der Waals surface area contributed by atoms with Crippen LogP contribution in [-0.4, -0.2) is 43.9 Å². The fourth-order valence-electron chi connectivity index (χ4n) is 2.70. The van der Waals surface area contributed by atoms with Gasteiger partial charge < -0.3 is 10.4 Å². The van der Waals surface area contributed by atoms with E-state index in [2.05, 4.69) is 20.7 Å². The highest BCUT2D eigenvalue weighted by Crippen LogP contribution is 2.19. The number of hydrogen-bond acceptors (Lipinski definition) is 5. The lowest BCUT2D eigenvalue weighted by atomic mass is 9.99. The molecule has 2 atom stereocenters. The number of benzene rings is 1. The van der Waals surface area contributed by atoms with Crippen molar-refractivity contribution < 1.29 is 9.90 Å². The van der Waals surface area contributed by atoms with Crippen molar-refractivity contribution in [2.45, 2.75) is 46.2 Å². The molecule has 0 fully saturated rings. The molecular weight excluding hydrogens is 318 g/mol. The minimum Gasteiger partial charge on any atom is -0.396 e. The van der Waals surface area contributed by atoms with Crippen molar-refractivity contribution in [1.82, 2.24) is 25.5 Å². The van der Waals surface area contributed by atoms with E-state index in [0.717, 1.165) is 5.56 Å². The maximum absolute atomic E-state index is 12.8. The first-order valence-electron chi connectivity index (χ1n) is 8.70. The summed E-state index contributed by atoms with van der Waals surface area (Å²) in [6.45, 7) is 7.98. The van der Waals surface area contributed by atoms with Gasteiger partial charge in [0.25, 0.3) is 0 Å². The molecule has 1 aromatic carbocycles. The molecule has 0 saturated heterocycles. The van der Waals surface area contributed by atoms with Crippen molar-refractivity contribution in [3.63, 3.8) is 0 Å². The molecule has 0 aliphatic carbocycles. The Kier molecular flexibility index (Phi) is 6.64. The van der Waals surface area contributed by atoms with Gasteiger partial charge in [0.2, 0.25) is 11.7 Å². The smallest absolute Gasteiger partial charge is 0.247 e. The number of aliphatic hydroxyl groups excluding tert-OH is 1. The molecular formula is C18H27N5O2. The van der Waals surface area contributed by atoms with Crippen LogP contribution in [0, 0.1) is 11.8 Å². The maximum Gasteiger partial charge on any atom is 0.247 e. The van der Waals surface area contributed by atoms with E-state index in [0.29, 0.717) is 12.2 Å². The van der Waals surface area contributed by atoms with Gasteiger partial charge in [-0.05, 0) is 23.5 Å². The first-order chi connectivity index (χ1) is 11.9. The number of amides is 1. The molecule has 0 aliphatic rings. The Hall–Kier alpha value is -2.28. The van der Waals surface area contributed by atoms with Gasteiger partial charge in [-0.3, -0.25) is 4.79 Å². The monoisotopic (exact) mass is 345 g/mol. The normalized spacial score (nSPS) is 13.9. The molecule has 0 aliphatic heterocycles. The second kappa shape index (κ2) is 8.71. The van der Waals surface area contributed by atoms with E-state index in [1.54, 1.807) is 0 Å². The summed E-state index contributed by atoms with van der Waals surface area (Å²) in [5.41, 5.74) is 0.858. The molecule has 0 bridgehead atoms. The van der Waals surface area contributed by atoms with Crippen molar-refractivity contribution in [3.05, 3.63) is 30.3 Å². The predicted molar refractivity (Wildman–Crippen MR) is 95.6 cm³/mol. The molecule has 7 heteroatoms. The number of hydrogen-bond donors (Lipinski definition) is 2. The Balaban J connectivity index is 2.20. The van der Waals surface area contributed by atoms with Crippen LogP contribution >= 0.6 is 0 Å². The number of aromatic nitrogens is 4. The van der Waals surface area contributed by atoms with Gasteiger partial charge in [0.1, 0.15) is 0 Å². The Morgan fingerprint density at radius 1 is 1.16 bits per heavy atom. The van der Waals surface area contributed by atoms with Gasteiger partial charge in [-0.25, -0.2) is 0 Å². The number of carbonyl (C=O) groups excluding carboxylic acids is 1. The lowest BCUT2D eigenvalue weighted by Gasteiger charge is -2.25. The second-order valence-corrected chi connectivity index (χ2v) is 6.86. The zero-order chi connectivity index (χ0) is 18.4. The third kappa shape index (κ3) is 4.85. The molecule has 2 N–H and O–H groups in total. The van der Waals surface area contributed by atoms with Gasteiger partial charge in [0.05, 0.1) is 0 Å². The molecule has 2 unspecified atom stereocenters. The van der Waals surface area contributed by atoms with Crippen LogP contribution in [0.1, 0.15) is 40.2 Å². The SMILES string of the molecule is CC(C)C(CCO)NC(=O)C(C(C)C)n1nnc(-c2ccccc2)n1. The molecule has 0 radical (unpaired) electrons. The van der Waals surface area contributed by atoms with Crippen LogP contribution in [0.25, 0.3) is 11.4 Å². The molecule has 1 amide bonds. The highest BCUT2D eigenvalue weighted by Gasteiger charge is 2.29. The largest absolute Gasteiger partial charge is 0.396 e. The van der Waals surface area contributed by atoms with E-state index in [4.69, 9.17) is 0 Å². The molecule has 25 heavy (non-hydrogen) atoms. The van der Waals surface area contributed by atoms with Gasteiger partial charge in [-0.15, -0.1) is 10.2 Å². The van der Waals surface area contributed by atoms with E-state index in [1.165, 1.54) is 4.80 Å². The Bertz CT molecular complexity index is 669. The first-order valence-corrected chi connectivity index (χ1v) is 8.70. The van der Waals surface area contributed by atoms with Gasteiger partial charge >= 0.3 is 0 Å². The van der Waals surface area contributed by atoms with Crippen molar-refractivity contribution >= 4 is 5.91 Å². The Labute approximate surface area is 148 Å². The van der Waals surface area contributed by atoms with Crippen LogP contribution in [0.4, 0.5) is 0 Å². The predicted octanol–water partition coefficient (Wildman–Crippen LogP) is 2.06. The average Bonchev–Trinajstić information content (AvgIpc) is 3.04. The molecule has 0 saturated carbocycles. The van der Waals surface area contributed by atoms with E-state index in [1.807, 2.05) is 58.0 Å². The summed E-state index contributed by atoms with van der Waals surface area (Å²) < 4.78 is 0. The van der Waals surface area contributed by atoms with Crippen LogP contribution in [-0.2, 0) is 4.79 Å². The number of aliphatic hydroxyl groups is 1. The minimum atomic E-state index is -0.551. The highest BCUT2D eigenvalue weighted by atomic mass is 16.3. The topological polar surface area (TPSA) is 92.9 Å². The fourth-order valence-corrected chi connectivity index (χ4v) is 2.70. The quantitative estimate of drug-likeness (QED) is 0.764. The highest BCUT2D eigenvalue weighted by molar-refractivity contribution is 5.80. The molecule has 0 spiro atoms. The van der Waals surface area contributed by atoms with Crippen LogP contribution in [0.3, 0.4) is 0 Å². The number of nitrogens with zero attached hydrogens (tertiary/aromatic N) is 4. The zero-order valence-corrected chi connectivity index (χ0v) is 15.3. The molecule has 1 heterocycles. The standard InChI is InChI=1S/C18H27N5O2/c1-12(2)15(10-11-24)19-18(25)16(13(3)4)23-21-17(20-22-23)14-8-6-5-7-9-14/h5-9,12-13,15-16,24H,10-11H2,1-4H3,(H,19,25). The third-order valence-electron chi connectivity index (χ3n) is 4.18. The van der Waals surface area contributed by atoms with Crippen LogP contribution in [0.5, 0.6) is 0 Å². The molecule has 2 rings (SSSR count). The Morgan fingerprint density at radius 3 is 2.40 bits per heavy atom. The van der Waals surface area contributed by atoms with Crippen LogP contribution in [0.2, 0.25) is 0 Å².